The maximum Gasteiger partial charge on any atom is 0.167 e. The Balaban J connectivity index is 1.87. The van der Waals surface area contributed by atoms with E-state index in [1.54, 1.807) is 0 Å². The van der Waals surface area contributed by atoms with Crippen molar-refractivity contribution in [3.05, 3.63) is 63.7 Å². The molecule has 0 fully saturated rings. The van der Waals surface area contributed by atoms with Crippen molar-refractivity contribution in [2.24, 2.45) is 0 Å². The lowest BCUT2D eigenvalue weighted by atomic mass is 9.93. The number of hydrogen-bond acceptors (Lipinski definition) is 2. The molecule has 0 atom stereocenters. The lowest BCUT2D eigenvalue weighted by molar-refractivity contribution is 0.0992. The van der Waals surface area contributed by atoms with Crippen molar-refractivity contribution in [3.63, 3.8) is 0 Å². The number of aryl methyl sites for hydroxylation is 3. The minimum atomic E-state index is 0.180. The molecule has 3 rings (SSSR count). The zero-order valence-electron chi connectivity index (χ0n) is 12.8. The van der Waals surface area contributed by atoms with Crippen LogP contribution in [0.3, 0.4) is 0 Å². The van der Waals surface area contributed by atoms with Crippen molar-refractivity contribution < 1.29 is 9.53 Å². The van der Waals surface area contributed by atoms with Gasteiger partial charge in [-0.2, -0.15) is 0 Å². The molecule has 0 amide bonds. The summed E-state index contributed by atoms with van der Waals surface area (Å²) in [5, 5.41) is 0. The van der Waals surface area contributed by atoms with Crippen molar-refractivity contribution in [1.29, 1.82) is 0 Å². The van der Waals surface area contributed by atoms with E-state index in [9.17, 15) is 4.79 Å². The van der Waals surface area contributed by atoms with Crippen LogP contribution in [0.25, 0.3) is 0 Å². The van der Waals surface area contributed by atoms with Crippen LogP contribution in [0.1, 0.15) is 38.2 Å². The van der Waals surface area contributed by atoms with E-state index >= 15 is 0 Å². The highest BCUT2D eigenvalue weighted by molar-refractivity contribution is 5.98. The monoisotopic (exact) mass is 280 g/mol. The molecule has 0 unspecified atom stereocenters. The van der Waals surface area contributed by atoms with Crippen molar-refractivity contribution >= 4 is 5.78 Å². The highest BCUT2D eigenvalue weighted by Gasteiger charge is 2.16. The van der Waals surface area contributed by atoms with Crippen molar-refractivity contribution in [2.45, 2.75) is 33.6 Å². The fourth-order valence-corrected chi connectivity index (χ4v) is 3.11. The molecule has 2 aromatic rings. The molecule has 0 spiro atoms. The number of carbonyl (C=O) groups is 1. The van der Waals surface area contributed by atoms with E-state index in [1.165, 1.54) is 16.7 Å². The third-order valence-electron chi connectivity index (χ3n) is 4.19. The molecule has 21 heavy (non-hydrogen) atoms. The topological polar surface area (TPSA) is 26.3 Å². The summed E-state index contributed by atoms with van der Waals surface area (Å²) in [4.78, 5) is 12.6. The Kier molecular flexibility index (Phi) is 3.54. The van der Waals surface area contributed by atoms with Gasteiger partial charge < -0.3 is 4.74 Å². The molecule has 2 nitrogen and oxygen atoms in total. The molecule has 0 aromatic heterocycles. The molecule has 2 aromatic carbocycles. The lowest BCUT2D eigenvalue weighted by Gasteiger charge is -2.11. The van der Waals surface area contributed by atoms with E-state index in [4.69, 9.17) is 4.74 Å². The average Bonchev–Trinajstić information content (AvgIpc) is 2.89. The smallest absolute Gasteiger partial charge is 0.167 e. The van der Waals surface area contributed by atoms with Crippen LogP contribution >= 0.6 is 0 Å². The Morgan fingerprint density at radius 3 is 2.52 bits per heavy atom. The number of hydrogen-bond donors (Lipinski definition) is 0. The molecule has 0 saturated heterocycles. The Morgan fingerprint density at radius 2 is 1.81 bits per heavy atom. The van der Waals surface area contributed by atoms with Crippen LogP contribution in [0, 0.1) is 20.8 Å². The van der Waals surface area contributed by atoms with Gasteiger partial charge >= 0.3 is 0 Å². The van der Waals surface area contributed by atoms with E-state index in [2.05, 4.69) is 32.9 Å². The van der Waals surface area contributed by atoms with E-state index in [1.807, 2.05) is 18.2 Å². The predicted molar refractivity (Wildman–Crippen MR) is 84.3 cm³/mol. The summed E-state index contributed by atoms with van der Waals surface area (Å²) in [5.41, 5.74) is 6.74. The van der Waals surface area contributed by atoms with Crippen LogP contribution in [0.4, 0.5) is 0 Å². The molecule has 2 heteroatoms. The lowest BCUT2D eigenvalue weighted by Crippen LogP contribution is -2.07. The van der Waals surface area contributed by atoms with Gasteiger partial charge in [-0.25, -0.2) is 0 Å². The highest BCUT2D eigenvalue weighted by Crippen LogP contribution is 2.27. The minimum Gasteiger partial charge on any atom is -0.493 e. The maximum absolute atomic E-state index is 12.6. The summed E-state index contributed by atoms with van der Waals surface area (Å²) in [5.74, 6) is 1.11. The largest absolute Gasteiger partial charge is 0.493 e. The number of ether oxygens (including phenoxy) is 1. The van der Waals surface area contributed by atoms with Gasteiger partial charge in [0.2, 0.25) is 0 Å². The zero-order valence-corrected chi connectivity index (χ0v) is 12.8. The van der Waals surface area contributed by atoms with Crippen LogP contribution in [-0.2, 0) is 12.8 Å². The van der Waals surface area contributed by atoms with Gasteiger partial charge in [0.15, 0.2) is 5.78 Å². The van der Waals surface area contributed by atoms with Crippen molar-refractivity contribution in [1.82, 2.24) is 0 Å². The van der Waals surface area contributed by atoms with E-state index in [-0.39, 0.29) is 5.78 Å². The Morgan fingerprint density at radius 1 is 1.10 bits per heavy atom. The SMILES string of the molecule is Cc1cc(C)c(CC(=O)c2ccc3c(c2)CCO3)c(C)c1. The molecular formula is C19H20O2. The summed E-state index contributed by atoms with van der Waals surface area (Å²) in [6.07, 6.45) is 1.37. The maximum atomic E-state index is 12.6. The summed E-state index contributed by atoms with van der Waals surface area (Å²) in [6, 6.07) is 10.1. The summed E-state index contributed by atoms with van der Waals surface area (Å²) in [7, 11) is 0. The standard InChI is InChI=1S/C19H20O2/c1-12-8-13(2)17(14(3)9-12)11-18(20)15-4-5-19-16(10-15)6-7-21-19/h4-5,8-10H,6-7,11H2,1-3H3. The molecule has 1 aliphatic heterocycles. The van der Waals surface area contributed by atoms with Crippen LogP contribution < -0.4 is 4.74 Å². The van der Waals surface area contributed by atoms with Crippen LogP contribution in [-0.4, -0.2) is 12.4 Å². The fraction of sp³-hybridized carbons (Fsp3) is 0.316. The van der Waals surface area contributed by atoms with Gasteiger partial charge in [-0.3, -0.25) is 4.79 Å². The Bertz CT molecular complexity index is 690. The van der Waals surface area contributed by atoms with Crippen LogP contribution in [0.5, 0.6) is 5.75 Å². The Hall–Kier alpha value is -2.09. The number of fused-ring (bicyclic) bond motifs is 1. The average molecular weight is 280 g/mol. The third-order valence-corrected chi connectivity index (χ3v) is 4.19. The van der Waals surface area contributed by atoms with E-state index in [0.717, 1.165) is 35.5 Å². The molecule has 1 aliphatic rings. The second kappa shape index (κ2) is 5.36. The van der Waals surface area contributed by atoms with E-state index in [0.29, 0.717) is 6.42 Å². The molecule has 0 N–H and O–H groups in total. The number of ketones is 1. The molecule has 0 bridgehead atoms. The molecule has 0 saturated carbocycles. The molecule has 1 heterocycles. The second-order valence-electron chi connectivity index (χ2n) is 5.90. The van der Waals surface area contributed by atoms with Gasteiger partial charge in [-0.15, -0.1) is 0 Å². The quantitative estimate of drug-likeness (QED) is 0.795. The summed E-state index contributed by atoms with van der Waals surface area (Å²) >= 11 is 0. The van der Waals surface area contributed by atoms with Gasteiger partial charge in [-0.1, -0.05) is 17.7 Å². The highest BCUT2D eigenvalue weighted by atomic mass is 16.5. The number of carbonyl (C=O) groups excluding carboxylic acids is 1. The van der Waals surface area contributed by atoms with Crippen molar-refractivity contribution in [3.8, 4) is 5.75 Å². The first-order valence-corrected chi connectivity index (χ1v) is 7.40. The van der Waals surface area contributed by atoms with Gasteiger partial charge in [0.1, 0.15) is 5.75 Å². The molecule has 108 valence electrons. The first kappa shape index (κ1) is 13.9. The number of benzene rings is 2. The van der Waals surface area contributed by atoms with Crippen molar-refractivity contribution in [2.75, 3.05) is 6.61 Å². The fourth-order valence-electron chi connectivity index (χ4n) is 3.11. The normalized spacial score (nSPS) is 12.9. The van der Waals surface area contributed by atoms with Crippen LogP contribution in [0.2, 0.25) is 0 Å². The third kappa shape index (κ3) is 2.71. The van der Waals surface area contributed by atoms with Gasteiger partial charge in [0.25, 0.3) is 0 Å². The number of rotatable bonds is 3. The van der Waals surface area contributed by atoms with Gasteiger partial charge in [-0.05, 0) is 61.2 Å². The number of Topliss-reactive ketones (excluding diaryl/α,β-unsaturated/α-hetero) is 1. The molecular weight excluding hydrogens is 260 g/mol. The summed E-state index contributed by atoms with van der Waals surface area (Å²) < 4.78 is 5.49. The summed E-state index contributed by atoms with van der Waals surface area (Å²) in [6.45, 7) is 6.98. The van der Waals surface area contributed by atoms with Gasteiger partial charge in [0, 0.05) is 18.4 Å². The van der Waals surface area contributed by atoms with Crippen LogP contribution in [0.15, 0.2) is 30.3 Å². The predicted octanol–water partition coefficient (Wildman–Crippen LogP) is 3.97. The van der Waals surface area contributed by atoms with E-state index < -0.39 is 0 Å². The molecule has 0 radical (unpaired) electrons. The first-order valence-electron chi connectivity index (χ1n) is 7.40. The Labute approximate surface area is 125 Å². The minimum absolute atomic E-state index is 0.180. The molecule has 0 aliphatic carbocycles. The first-order chi connectivity index (χ1) is 10.0. The zero-order chi connectivity index (χ0) is 15.0. The second-order valence-corrected chi connectivity index (χ2v) is 5.90. The van der Waals surface area contributed by atoms with Gasteiger partial charge in [0.05, 0.1) is 6.61 Å².